The van der Waals surface area contributed by atoms with Crippen LogP contribution in [0.5, 0.6) is 10.9 Å². The maximum Gasteiger partial charge on any atom is 0.299 e. The Morgan fingerprint density at radius 1 is 1.30 bits per heavy atom. The van der Waals surface area contributed by atoms with E-state index in [9.17, 15) is 0 Å². The minimum absolute atomic E-state index is 0.437. The maximum absolute atomic E-state index is 6.03. The first-order chi connectivity index (χ1) is 9.69. The number of hydrogen-bond donors (Lipinski definition) is 1. The standard InChI is InChI=1S/C12H13Cl2N3O2S/c1-18-5-4-15-7-11-16-17-12(20-11)19-10-3-2-8(13)6-9(10)14/h2-3,6,15H,4-5,7H2,1H3. The van der Waals surface area contributed by atoms with Crippen LogP contribution in [0.25, 0.3) is 0 Å². The van der Waals surface area contributed by atoms with Crippen molar-refractivity contribution < 1.29 is 9.47 Å². The van der Waals surface area contributed by atoms with Gasteiger partial charge < -0.3 is 14.8 Å². The fraction of sp³-hybridized carbons (Fsp3) is 0.333. The summed E-state index contributed by atoms with van der Waals surface area (Å²) in [5.74, 6) is 0.506. The summed E-state index contributed by atoms with van der Waals surface area (Å²) in [6.45, 7) is 2.04. The van der Waals surface area contributed by atoms with Crippen LogP contribution in [0.15, 0.2) is 18.2 Å². The summed E-state index contributed by atoms with van der Waals surface area (Å²) in [6, 6.07) is 5.02. The highest BCUT2D eigenvalue weighted by molar-refractivity contribution is 7.13. The smallest absolute Gasteiger partial charge is 0.299 e. The fourth-order valence-corrected chi connectivity index (χ4v) is 2.49. The third kappa shape index (κ3) is 4.57. The summed E-state index contributed by atoms with van der Waals surface area (Å²) in [6.07, 6.45) is 0. The van der Waals surface area contributed by atoms with E-state index in [2.05, 4.69) is 15.5 Å². The Labute approximate surface area is 130 Å². The Balaban J connectivity index is 1.92. The molecule has 1 heterocycles. The van der Waals surface area contributed by atoms with E-state index < -0.39 is 0 Å². The monoisotopic (exact) mass is 333 g/mol. The quantitative estimate of drug-likeness (QED) is 0.787. The zero-order valence-electron chi connectivity index (χ0n) is 10.7. The van der Waals surface area contributed by atoms with Gasteiger partial charge in [-0.25, -0.2) is 0 Å². The van der Waals surface area contributed by atoms with Gasteiger partial charge in [0.2, 0.25) is 0 Å². The van der Waals surface area contributed by atoms with E-state index in [1.54, 1.807) is 25.3 Å². The van der Waals surface area contributed by atoms with Crippen molar-refractivity contribution in [3.8, 4) is 10.9 Å². The average Bonchev–Trinajstić information content (AvgIpc) is 2.86. The molecular weight excluding hydrogens is 321 g/mol. The molecule has 0 bridgehead atoms. The molecular formula is C12H13Cl2N3O2S. The van der Waals surface area contributed by atoms with Gasteiger partial charge in [0.25, 0.3) is 5.19 Å². The van der Waals surface area contributed by atoms with E-state index in [0.29, 0.717) is 34.1 Å². The molecule has 0 aliphatic rings. The summed E-state index contributed by atoms with van der Waals surface area (Å²) >= 11 is 13.2. The van der Waals surface area contributed by atoms with Gasteiger partial charge in [-0.1, -0.05) is 39.6 Å². The first-order valence-electron chi connectivity index (χ1n) is 5.84. The first kappa shape index (κ1) is 15.5. The molecule has 0 saturated heterocycles. The van der Waals surface area contributed by atoms with Crippen LogP contribution in [0.3, 0.4) is 0 Å². The van der Waals surface area contributed by atoms with E-state index in [4.69, 9.17) is 32.7 Å². The lowest BCUT2D eigenvalue weighted by Gasteiger charge is -2.03. The molecule has 108 valence electrons. The lowest BCUT2D eigenvalue weighted by molar-refractivity contribution is 0.199. The SMILES string of the molecule is COCCNCc1nnc(Oc2ccc(Cl)cc2Cl)s1. The molecule has 0 amide bonds. The van der Waals surface area contributed by atoms with Gasteiger partial charge in [0.1, 0.15) is 10.8 Å². The first-order valence-corrected chi connectivity index (χ1v) is 7.41. The molecule has 8 heteroatoms. The van der Waals surface area contributed by atoms with E-state index in [1.165, 1.54) is 11.3 Å². The molecule has 0 spiro atoms. The number of nitrogens with one attached hydrogen (secondary N) is 1. The second kappa shape index (κ2) is 7.75. The molecule has 20 heavy (non-hydrogen) atoms. The van der Waals surface area contributed by atoms with Crippen molar-refractivity contribution in [2.45, 2.75) is 6.54 Å². The van der Waals surface area contributed by atoms with Gasteiger partial charge in [-0.3, -0.25) is 0 Å². The summed E-state index contributed by atoms with van der Waals surface area (Å²) < 4.78 is 10.5. The minimum atomic E-state index is 0.437. The highest BCUT2D eigenvalue weighted by atomic mass is 35.5. The molecule has 1 N–H and O–H groups in total. The third-order valence-electron chi connectivity index (χ3n) is 2.30. The number of hydrogen-bond acceptors (Lipinski definition) is 6. The lowest BCUT2D eigenvalue weighted by Crippen LogP contribution is -2.18. The van der Waals surface area contributed by atoms with Crippen LogP contribution in [0.1, 0.15) is 5.01 Å². The number of benzene rings is 1. The van der Waals surface area contributed by atoms with E-state index in [1.807, 2.05) is 0 Å². The van der Waals surface area contributed by atoms with Crippen molar-refractivity contribution in [2.24, 2.45) is 0 Å². The number of rotatable bonds is 7. The molecule has 0 aliphatic heterocycles. The molecule has 1 aromatic carbocycles. The number of ether oxygens (including phenoxy) is 2. The van der Waals surface area contributed by atoms with E-state index in [-0.39, 0.29) is 0 Å². The second-order valence-corrected chi connectivity index (χ2v) is 5.68. The average molecular weight is 334 g/mol. The number of nitrogens with zero attached hydrogens (tertiary/aromatic N) is 2. The van der Waals surface area contributed by atoms with Crippen molar-refractivity contribution in [2.75, 3.05) is 20.3 Å². The topological polar surface area (TPSA) is 56.3 Å². The lowest BCUT2D eigenvalue weighted by atomic mass is 10.3. The van der Waals surface area contributed by atoms with Gasteiger partial charge in [-0.2, -0.15) is 0 Å². The zero-order valence-corrected chi connectivity index (χ0v) is 13.1. The van der Waals surface area contributed by atoms with Crippen LogP contribution >= 0.6 is 34.5 Å². The predicted octanol–water partition coefficient (Wildman–Crippen LogP) is 3.37. The number of halogens is 2. The van der Waals surface area contributed by atoms with Crippen molar-refractivity contribution in [1.29, 1.82) is 0 Å². The highest BCUT2D eigenvalue weighted by Gasteiger charge is 2.09. The van der Waals surface area contributed by atoms with Crippen LogP contribution in [0, 0.1) is 0 Å². The van der Waals surface area contributed by atoms with Crippen LogP contribution in [-0.4, -0.2) is 30.5 Å². The van der Waals surface area contributed by atoms with Gasteiger partial charge in [0.05, 0.1) is 11.6 Å². The van der Waals surface area contributed by atoms with Gasteiger partial charge in [-0.15, -0.1) is 5.10 Å². The molecule has 0 unspecified atom stereocenters. The van der Waals surface area contributed by atoms with Crippen molar-refractivity contribution >= 4 is 34.5 Å². The molecule has 0 atom stereocenters. The van der Waals surface area contributed by atoms with Crippen molar-refractivity contribution in [3.63, 3.8) is 0 Å². The predicted molar refractivity (Wildman–Crippen MR) is 80.0 cm³/mol. The van der Waals surface area contributed by atoms with Crippen molar-refractivity contribution in [1.82, 2.24) is 15.5 Å². The Morgan fingerprint density at radius 3 is 2.90 bits per heavy atom. The summed E-state index contributed by atoms with van der Waals surface area (Å²) in [5.41, 5.74) is 0. The molecule has 0 radical (unpaired) electrons. The minimum Gasteiger partial charge on any atom is -0.428 e. The fourth-order valence-electron chi connectivity index (χ4n) is 1.37. The summed E-state index contributed by atoms with van der Waals surface area (Å²) in [7, 11) is 1.66. The van der Waals surface area contributed by atoms with Gasteiger partial charge >= 0.3 is 0 Å². The van der Waals surface area contributed by atoms with E-state index in [0.717, 1.165) is 11.6 Å². The molecule has 2 aromatic rings. The third-order valence-corrected chi connectivity index (χ3v) is 3.63. The zero-order chi connectivity index (χ0) is 14.4. The van der Waals surface area contributed by atoms with Crippen LogP contribution in [0.4, 0.5) is 0 Å². The second-order valence-electron chi connectivity index (χ2n) is 3.81. The molecule has 0 aliphatic carbocycles. The Bertz CT molecular complexity index is 565. The van der Waals surface area contributed by atoms with Crippen LogP contribution < -0.4 is 10.1 Å². The van der Waals surface area contributed by atoms with Gasteiger partial charge in [0.15, 0.2) is 0 Å². The highest BCUT2D eigenvalue weighted by Crippen LogP contribution is 2.32. The van der Waals surface area contributed by atoms with E-state index >= 15 is 0 Å². The maximum atomic E-state index is 6.03. The molecule has 5 nitrogen and oxygen atoms in total. The number of aromatic nitrogens is 2. The van der Waals surface area contributed by atoms with Gasteiger partial charge in [0, 0.05) is 25.2 Å². The largest absolute Gasteiger partial charge is 0.428 e. The molecule has 0 saturated carbocycles. The Kier molecular flexibility index (Phi) is 6.00. The Morgan fingerprint density at radius 2 is 2.15 bits per heavy atom. The summed E-state index contributed by atoms with van der Waals surface area (Å²) in [4.78, 5) is 0. The number of methoxy groups -OCH3 is 1. The van der Waals surface area contributed by atoms with Crippen molar-refractivity contribution in [3.05, 3.63) is 33.3 Å². The molecule has 1 aromatic heterocycles. The summed E-state index contributed by atoms with van der Waals surface area (Å²) in [5, 5.41) is 13.4. The van der Waals surface area contributed by atoms with Gasteiger partial charge in [-0.05, 0) is 18.2 Å². The van der Waals surface area contributed by atoms with Crippen LogP contribution in [0.2, 0.25) is 10.0 Å². The van der Waals surface area contributed by atoms with Crippen LogP contribution in [-0.2, 0) is 11.3 Å². The normalized spacial score (nSPS) is 10.8. The Hall–Kier alpha value is -0.920. The molecule has 2 rings (SSSR count). The molecule has 0 fully saturated rings.